The second kappa shape index (κ2) is 7.42. The number of ether oxygens (including phenoxy) is 1. The van der Waals surface area contributed by atoms with Crippen molar-refractivity contribution in [1.29, 1.82) is 0 Å². The maximum absolute atomic E-state index is 13.3. The van der Waals surface area contributed by atoms with Gasteiger partial charge in [0.1, 0.15) is 0 Å². The summed E-state index contributed by atoms with van der Waals surface area (Å²) < 4.78 is 6.81. The fourth-order valence-electron chi connectivity index (χ4n) is 3.59. The molecule has 3 aromatic heterocycles. The van der Waals surface area contributed by atoms with Gasteiger partial charge < -0.3 is 10.5 Å². The van der Waals surface area contributed by atoms with Crippen molar-refractivity contribution in [2.45, 2.75) is 0 Å². The fraction of sp³-hybridized carbons (Fsp3) is 0.0435. The van der Waals surface area contributed by atoms with E-state index >= 15 is 0 Å². The number of nitrogens with one attached hydrogen (secondary N) is 1. The third-order valence-corrected chi connectivity index (χ3v) is 5.10. The summed E-state index contributed by atoms with van der Waals surface area (Å²) in [6.07, 6.45) is 5.19. The fourth-order valence-corrected chi connectivity index (χ4v) is 3.59. The normalized spacial score (nSPS) is 11.0. The number of benzene rings is 2. The predicted octanol–water partition coefficient (Wildman–Crippen LogP) is 3.43. The van der Waals surface area contributed by atoms with Crippen LogP contribution in [0, 0.1) is 0 Å². The number of aromatic amines is 1. The number of para-hydroxylation sites is 1. The van der Waals surface area contributed by atoms with E-state index < -0.39 is 0 Å². The minimum absolute atomic E-state index is 0.143. The molecule has 0 unspecified atom stereocenters. The number of nitrogen functional groups attached to an aromatic ring is 1. The van der Waals surface area contributed by atoms with Crippen molar-refractivity contribution in [2.75, 3.05) is 12.8 Å². The number of fused-ring (bicyclic) bond motifs is 1. The number of rotatable bonds is 4. The molecule has 0 saturated carbocycles. The average molecular weight is 410 g/mol. The molecule has 0 aliphatic heterocycles. The van der Waals surface area contributed by atoms with Gasteiger partial charge in [0.2, 0.25) is 11.8 Å². The molecule has 5 aromatic rings. The SMILES string of the molecule is COc1ncc(-c2ccc3nc(N)n(-c4ccccc4)c(=O)c3c2)cc1-c1cn[nH]c1. The molecule has 5 rings (SSSR count). The standard InChI is InChI=1S/C23H18N6O2/c1-31-21-18(16-12-26-27-13-16)10-15(11-25-21)14-7-8-20-19(9-14)22(30)29(23(24)28-20)17-5-3-2-4-6-17/h2-13H,1H3,(H2,24,28)(H,26,27). The summed E-state index contributed by atoms with van der Waals surface area (Å²) >= 11 is 0. The molecule has 0 radical (unpaired) electrons. The zero-order valence-corrected chi connectivity index (χ0v) is 16.6. The highest BCUT2D eigenvalue weighted by Gasteiger charge is 2.14. The van der Waals surface area contributed by atoms with E-state index in [4.69, 9.17) is 10.5 Å². The smallest absolute Gasteiger partial charge is 0.267 e. The molecule has 0 fully saturated rings. The highest BCUT2D eigenvalue weighted by Crippen LogP contribution is 2.32. The van der Waals surface area contributed by atoms with Gasteiger partial charge in [-0.1, -0.05) is 24.3 Å². The van der Waals surface area contributed by atoms with Gasteiger partial charge in [-0.2, -0.15) is 5.10 Å². The molecule has 0 atom stereocenters. The Morgan fingerprint density at radius 2 is 1.84 bits per heavy atom. The van der Waals surface area contributed by atoms with Crippen LogP contribution < -0.4 is 16.0 Å². The Labute approximate surface area is 177 Å². The highest BCUT2D eigenvalue weighted by atomic mass is 16.5. The largest absolute Gasteiger partial charge is 0.481 e. The zero-order valence-electron chi connectivity index (χ0n) is 16.6. The van der Waals surface area contributed by atoms with Crippen molar-refractivity contribution in [1.82, 2.24) is 24.7 Å². The lowest BCUT2D eigenvalue weighted by Crippen LogP contribution is -2.23. The Bertz CT molecular complexity index is 1440. The van der Waals surface area contributed by atoms with Gasteiger partial charge >= 0.3 is 0 Å². The summed E-state index contributed by atoms with van der Waals surface area (Å²) in [5.74, 6) is 0.636. The molecule has 0 saturated heterocycles. The first-order valence-electron chi connectivity index (χ1n) is 9.57. The number of H-pyrrole nitrogens is 1. The average Bonchev–Trinajstić information content (AvgIpc) is 3.34. The van der Waals surface area contributed by atoms with Crippen molar-refractivity contribution in [2.24, 2.45) is 0 Å². The van der Waals surface area contributed by atoms with Crippen molar-refractivity contribution >= 4 is 16.9 Å². The van der Waals surface area contributed by atoms with Crippen molar-refractivity contribution < 1.29 is 4.74 Å². The van der Waals surface area contributed by atoms with Crippen LogP contribution >= 0.6 is 0 Å². The predicted molar refractivity (Wildman–Crippen MR) is 119 cm³/mol. The summed E-state index contributed by atoms with van der Waals surface area (Å²) in [4.78, 5) is 22.1. The van der Waals surface area contributed by atoms with E-state index in [-0.39, 0.29) is 11.5 Å². The lowest BCUT2D eigenvalue weighted by molar-refractivity contribution is 0.400. The van der Waals surface area contributed by atoms with Crippen LogP contribution in [0.2, 0.25) is 0 Å². The van der Waals surface area contributed by atoms with Crippen LogP contribution in [0.25, 0.3) is 38.8 Å². The molecule has 2 aromatic carbocycles. The highest BCUT2D eigenvalue weighted by molar-refractivity contribution is 5.86. The minimum Gasteiger partial charge on any atom is -0.481 e. The number of pyridine rings is 1. The topological polar surface area (TPSA) is 112 Å². The van der Waals surface area contributed by atoms with E-state index in [1.54, 1.807) is 31.8 Å². The summed E-state index contributed by atoms with van der Waals surface area (Å²) in [6, 6.07) is 16.7. The molecule has 0 bridgehead atoms. The molecule has 0 aliphatic rings. The Kier molecular flexibility index (Phi) is 4.44. The first-order valence-corrected chi connectivity index (χ1v) is 9.57. The molecule has 152 valence electrons. The number of nitrogens with two attached hydrogens (primary N) is 1. The molecule has 8 heteroatoms. The Morgan fingerprint density at radius 3 is 2.58 bits per heavy atom. The second-order valence-corrected chi connectivity index (χ2v) is 6.95. The van der Waals surface area contributed by atoms with Gasteiger partial charge in [-0.3, -0.25) is 9.89 Å². The van der Waals surface area contributed by atoms with E-state index in [2.05, 4.69) is 20.2 Å². The molecular formula is C23H18N6O2. The van der Waals surface area contributed by atoms with Gasteiger partial charge in [-0.25, -0.2) is 14.5 Å². The van der Waals surface area contributed by atoms with E-state index in [0.717, 1.165) is 22.3 Å². The van der Waals surface area contributed by atoms with Crippen LogP contribution in [0.15, 0.2) is 78.0 Å². The van der Waals surface area contributed by atoms with Crippen LogP contribution in [0.4, 0.5) is 5.95 Å². The molecule has 0 spiro atoms. The van der Waals surface area contributed by atoms with Crippen LogP contribution in [0.1, 0.15) is 0 Å². The molecule has 31 heavy (non-hydrogen) atoms. The van der Waals surface area contributed by atoms with Gasteiger partial charge in [-0.05, 0) is 35.9 Å². The monoisotopic (exact) mass is 410 g/mol. The minimum atomic E-state index is -0.230. The maximum Gasteiger partial charge on any atom is 0.267 e. The number of hydrogen-bond donors (Lipinski definition) is 2. The summed E-state index contributed by atoms with van der Waals surface area (Å²) in [5, 5.41) is 7.27. The van der Waals surface area contributed by atoms with Gasteiger partial charge in [0.15, 0.2) is 0 Å². The Morgan fingerprint density at radius 1 is 1.00 bits per heavy atom. The summed E-state index contributed by atoms with van der Waals surface area (Å²) in [6.45, 7) is 0. The van der Waals surface area contributed by atoms with E-state index in [1.165, 1.54) is 4.57 Å². The number of nitrogens with zero attached hydrogens (tertiary/aromatic N) is 4. The molecule has 0 aliphatic carbocycles. The van der Waals surface area contributed by atoms with Gasteiger partial charge in [0, 0.05) is 29.1 Å². The lowest BCUT2D eigenvalue weighted by atomic mass is 10.0. The zero-order chi connectivity index (χ0) is 21.4. The van der Waals surface area contributed by atoms with Gasteiger partial charge in [-0.15, -0.1) is 0 Å². The quantitative estimate of drug-likeness (QED) is 0.469. The van der Waals surface area contributed by atoms with Crippen LogP contribution in [-0.2, 0) is 0 Å². The van der Waals surface area contributed by atoms with Crippen LogP contribution in [0.3, 0.4) is 0 Å². The molecular weight excluding hydrogens is 392 g/mol. The second-order valence-electron chi connectivity index (χ2n) is 6.95. The lowest BCUT2D eigenvalue weighted by Gasteiger charge is -2.12. The third kappa shape index (κ3) is 3.20. The maximum atomic E-state index is 13.3. The molecule has 8 nitrogen and oxygen atoms in total. The number of methoxy groups -OCH3 is 1. The Hall–Kier alpha value is -4.46. The van der Waals surface area contributed by atoms with Crippen molar-refractivity contribution in [3.63, 3.8) is 0 Å². The Balaban J connectivity index is 1.69. The first kappa shape index (κ1) is 18.6. The van der Waals surface area contributed by atoms with Crippen molar-refractivity contribution in [3.8, 4) is 33.8 Å². The van der Waals surface area contributed by atoms with Crippen LogP contribution in [0.5, 0.6) is 5.88 Å². The molecule has 0 amide bonds. The van der Waals surface area contributed by atoms with Crippen molar-refractivity contribution in [3.05, 3.63) is 83.5 Å². The van der Waals surface area contributed by atoms with E-state index in [0.29, 0.717) is 22.5 Å². The van der Waals surface area contributed by atoms with E-state index in [1.807, 2.05) is 48.5 Å². The van der Waals surface area contributed by atoms with Gasteiger partial charge in [0.25, 0.3) is 5.56 Å². The molecule has 3 heterocycles. The summed E-state index contributed by atoms with van der Waals surface area (Å²) in [7, 11) is 1.57. The first-order chi connectivity index (χ1) is 15.2. The van der Waals surface area contributed by atoms with E-state index in [9.17, 15) is 4.79 Å². The number of aromatic nitrogens is 5. The number of hydrogen-bond acceptors (Lipinski definition) is 6. The third-order valence-electron chi connectivity index (χ3n) is 5.10. The summed E-state index contributed by atoms with van der Waals surface area (Å²) in [5.41, 5.74) is 10.4. The number of anilines is 1. The molecule has 3 N–H and O–H groups in total. The van der Waals surface area contributed by atoms with Crippen LogP contribution in [-0.4, -0.2) is 31.8 Å². The van der Waals surface area contributed by atoms with Gasteiger partial charge in [0.05, 0.1) is 29.9 Å².